The Kier molecular flexibility index (Phi) is 5.39. The highest BCUT2D eigenvalue weighted by molar-refractivity contribution is 9.10. The van der Waals surface area contributed by atoms with Gasteiger partial charge in [0.25, 0.3) is 0 Å². The van der Waals surface area contributed by atoms with E-state index >= 15 is 0 Å². The molecular formula is C17H17BrO3. The molecule has 0 aromatic heterocycles. The number of ether oxygens (including phenoxy) is 2. The van der Waals surface area contributed by atoms with Crippen LogP contribution in [0.5, 0.6) is 11.5 Å². The molecule has 0 unspecified atom stereocenters. The second kappa shape index (κ2) is 7.27. The smallest absolute Gasteiger partial charge is 0.134 e. The van der Waals surface area contributed by atoms with E-state index in [1.165, 1.54) is 0 Å². The minimum absolute atomic E-state index is 0.159. The summed E-state index contributed by atoms with van der Waals surface area (Å²) in [5.41, 5.74) is 2.05. The molecule has 0 radical (unpaired) electrons. The Balaban J connectivity index is 1.96. The lowest BCUT2D eigenvalue weighted by atomic mass is 10.1. The monoisotopic (exact) mass is 348 g/mol. The van der Waals surface area contributed by atoms with Crippen LogP contribution in [-0.4, -0.2) is 12.9 Å². The summed E-state index contributed by atoms with van der Waals surface area (Å²) in [7, 11) is 1.64. The van der Waals surface area contributed by atoms with Crippen molar-refractivity contribution in [3.05, 3.63) is 58.1 Å². The fraction of sp³-hybridized carbons (Fsp3) is 0.235. The molecule has 4 heteroatoms. The van der Waals surface area contributed by atoms with Crippen LogP contribution in [0, 0.1) is 0 Å². The molecule has 3 nitrogen and oxygen atoms in total. The van der Waals surface area contributed by atoms with Crippen LogP contribution in [0.15, 0.2) is 46.9 Å². The molecule has 2 rings (SSSR count). The number of benzene rings is 2. The number of hydrogen-bond donors (Lipinski definition) is 0. The van der Waals surface area contributed by atoms with Gasteiger partial charge in [-0.25, -0.2) is 0 Å². The van der Waals surface area contributed by atoms with Gasteiger partial charge < -0.3 is 9.47 Å². The van der Waals surface area contributed by atoms with Crippen LogP contribution < -0.4 is 9.47 Å². The number of halogens is 1. The van der Waals surface area contributed by atoms with Gasteiger partial charge in [-0.15, -0.1) is 0 Å². The number of Topliss-reactive ketones (excluding diaryl/α,β-unsaturated/α-hetero) is 1. The second-order valence-corrected chi connectivity index (χ2v) is 5.63. The third kappa shape index (κ3) is 4.60. The molecule has 0 aliphatic heterocycles. The standard InChI is InChI=1S/C17H17BrO3/c1-12(19)9-13-3-6-15(7-4-13)21-11-14-5-8-17(20-2)16(18)10-14/h3-8,10H,9,11H2,1-2H3. The van der Waals surface area contributed by atoms with E-state index in [9.17, 15) is 4.79 Å². The zero-order valence-electron chi connectivity index (χ0n) is 12.1. The molecule has 0 spiro atoms. The van der Waals surface area contributed by atoms with Gasteiger partial charge in [0, 0.05) is 6.42 Å². The van der Waals surface area contributed by atoms with Gasteiger partial charge in [0.15, 0.2) is 0 Å². The van der Waals surface area contributed by atoms with Crippen LogP contribution in [0.4, 0.5) is 0 Å². The fourth-order valence-electron chi connectivity index (χ4n) is 1.96. The Morgan fingerprint density at radius 2 is 1.76 bits per heavy atom. The van der Waals surface area contributed by atoms with E-state index in [-0.39, 0.29) is 5.78 Å². The minimum atomic E-state index is 0.159. The summed E-state index contributed by atoms with van der Waals surface area (Å²) < 4.78 is 11.8. The van der Waals surface area contributed by atoms with E-state index in [1.54, 1.807) is 14.0 Å². The third-order valence-electron chi connectivity index (χ3n) is 3.00. The van der Waals surface area contributed by atoms with Gasteiger partial charge in [-0.1, -0.05) is 18.2 Å². The number of methoxy groups -OCH3 is 1. The lowest BCUT2D eigenvalue weighted by molar-refractivity contribution is -0.116. The maximum atomic E-state index is 11.0. The van der Waals surface area contributed by atoms with Gasteiger partial charge in [-0.2, -0.15) is 0 Å². The van der Waals surface area contributed by atoms with Gasteiger partial charge in [0.1, 0.15) is 23.9 Å². The van der Waals surface area contributed by atoms with Crippen molar-refractivity contribution in [2.45, 2.75) is 20.0 Å². The van der Waals surface area contributed by atoms with Gasteiger partial charge in [-0.05, 0) is 58.2 Å². The Morgan fingerprint density at radius 1 is 1.10 bits per heavy atom. The molecule has 2 aromatic carbocycles. The normalized spacial score (nSPS) is 10.2. The van der Waals surface area contributed by atoms with Gasteiger partial charge in [-0.3, -0.25) is 4.79 Å². The van der Waals surface area contributed by atoms with Crippen molar-refractivity contribution in [1.82, 2.24) is 0 Å². The minimum Gasteiger partial charge on any atom is -0.496 e. The molecule has 2 aromatic rings. The van der Waals surface area contributed by atoms with E-state index < -0.39 is 0 Å². The van der Waals surface area contributed by atoms with Gasteiger partial charge in [0.2, 0.25) is 0 Å². The lowest BCUT2D eigenvalue weighted by Crippen LogP contribution is -1.98. The highest BCUT2D eigenvalue weighted by Crippen LogP contribution is 2.26. The number of ketones is 1. The predicted molar refractivity (Wildman–Crippen MR) is 85.9 cm³/mol. The van der Waals surface area contributed by atoms with E-state index in [0.29, 0.717) is 13.0 Å². The number of carbonyl (C=O) groups is 1. The Hall–Kier alpha value is -1.81. The summed E-state index contributed by atoms with van der Waals surface area (Å²) in [5.74, 6) is 1.74. The molecule has 0 amide bonds. The molecule has 0 aliphatic rings. The van der Waals surface area contributed by atoms with Crippen LogP contribution in [0.25, 0.3) is 0 Å². The second-order valence-electron chi connectivity index (χ2n) is 4.78. The Labute approximate surface area is 133 Å². The highest BCUT2D eigenvalue weighted by Gasteiger charge is 2.03. The van der Waals surface area contributed by atoms with Crippen LogP contribution in [0.3, 0.4) is 0 Å². The summed E-state index contributed by atoms with van der Waals surface area (Å²) >= 11 is 3.45. The summed E-state index contributed by atoms with van der Waals surface area (Å²) in [6, 6.07) is 13.4. The van der Waals surface area contributed by atoms with E-state index in [2.05, 4.69) is 15.9 Å². The van der Waals surface area contributed by atoms with E-state index in [4.69, 9.17) is 9.47 Å². The molecule has 0 bridgehead atoms. The lowest BCUT2D eigenvalue weighted by Gasteiger charge is -2.09. The maximum absolute atomic E-state index is 11.0. The molecule has 21 heavy (non-hydrogen) atoms. The molecule has 0 N–H and O–H groups in total. The predicted octanol–water partition coefficient (Wildman–Crippen LogP) is 4.17. The first-order valence-electron chi connectivity index (χ1n) is 6.62. The maximum Gasteiger partial charge on any atom is 0.134 e. The quantitative estimate of drug-likeness (QED) is 0.785. The van der Waals surface area contributed by atoms with Gasteiger partial charge in [0.05, 0.1) is 11.6 Å². The number of carbonyl (C=O) groups excluding carboxylic acids is 1. The summed E-state index contributed by atoms with van der Waals surface area (Å²) in [4.78, 5) is 11.0. The summed E-state index contributed by atoms with van der Waals surface area (Å²) in [5, 5.41) is 0. The van der Waals surface area contributed by atoms with Crippen LogP contribution in [0.1, 0.15) is 18.1 Å². The number of rotatable bonds is 6. The van der Waals surface area contributed by atoms with E-state index in [0.717, 1.165) is 27.1 Å². The molecule has 0 aliphatic carbocycles. The van der Waals surface area contributed by atoms with Crippen molar-refractivity contribution in [3.63, 3.8) is 0 Å². The molecule has 0 atom stereocenters. The van der Waals surface area contributed by atoms with Crippen molar-refractivity contribution in [1.29, 1.82) is 0 Å². The fourth-order valence-corrected chi connectivity index (χ4v) is 2.55. The van der Waals surface area contributed by atoms with Crippen LogP contribution in [-0.2, 0) is 17.8 Å². The third-order valence-corrected chi connectivity index (χ3v) is 3.62. The first-order valence-corrected chi connectivity index (χ1v) is 7.41. The molecule has 0 heterocycles. The first kappa shape index (κ1) is 15.6. The zero-order valence-corrected chi connectivity index (χ0v) is 13.6. The van der Waals surface area contributed by atoms with E-state index in [1.807, 2.05) is 42.5 Å². The molecule has 110 valence electrons. The number of hydrogen-bond acceptors (Lipinski definition) is 3. The van der Waals surface area contributed by atoms with Gasteiger partial charge >= 0.3 is 0 Å². The zero-order chi connectivity index (χ0) is 15.2. The average Bonchev–Trinajstić information content (AvgIpc) is 2.46. The van der Waals surface area contributed by atoms with Crippen LogP contribution in [0.2, 0.25) is 0 Å². The molecular weight excluding hydrogens is 332 g/mol. The Morgan fingerprint density at radius 3 is 2.33 bits per heavy atom. The SMILES string of the molecule is COc1ccc(COc2ccc(CC(C)=O)cc2)cc1Br. The van der Waals surface area contributed by atoms with Crippen molar-refractivity contribution in [2.24, 2.45) is 0 Å². The first-order chi connectivity index (χ1) is 10.1. The summed E-state index contributed by atoms with van der Waals surface area (Å²) in [6.45, 7) is 2.07. The highest BCUT2D eigenvalue weighted by atomic mass is 79.9. The van der Waals surface area contributed by atoms with Crippen molar-refractivity contribution in [3.8, 4) is 11.5 Å². The molecule has 0 fully saturated rings. The largest absolute Gasteiger partial charge is 0.496 e. The molecule has 0 saturated carbocycles. The Bertz CT molecular complexity index is 620. The average molecular weight is 349 g/mol. The topological polar surface area (TPSA) is 35.5 Å². The molecule has 0 saturated heterocycles. The van der Waals surface area contributed by atoms with Crippen LogP contribution >= 0.6 is 15.9 Å². The summed E-state index contributed by atoms with van der Waals surface area (Å²) in [6.07, 6.45) is 0.464. The van der Waals surface area contributed by atoms with Crippen molar-refractivity contribution >= 4 is 21.7 Å². The van der Waals surface area contributed by atoms with Crippen molar-refractivity contribution < 1.29 is 14.3 Å². The van der Waals surface area contributed by atoms with Crippen molar-refractivity contribution in [2.75, 3.05) is 7.11 Å².